The topological polar surface area (TPSA) is 0 Å². The van der Waals surface area contributed by atoms with Crippen molar-refractivity contribution in [2.75, 3.05) is 0 Å². The maximum absolute atomic E-state index is 3.61. The number of aryl methyl sites for hydroxylation is 12. The first kappa shape index (κ1) is 68.3. The first-order chi connectivity index (χ1) is 37.9. The lowest BCUT2D eigenvalue weighted by molar-refractivity contribution is 0.589. The van der Waals surface area contributed by atoms with Crippen molar-refractivity contribution >= 4 is 0 Å². The van der Waals surface area contributed by atoms with Gasteiger partial charge in [0.25, 0.3) is 0 Å². The number of rotatable bonds is 6. The molecule has 81 heavy (non-hydrogen) atoms. The standard InChI is InChI=1S/C18H22.C16H18.C15H16.C13H20.C10H14.C9H14/c1-12(2)16-6-8-17(9-7-16)18-10-13(3)15(5)14(4)11-18;1-11-5-7-15(8-6-11)16-9-12(2)14(4)13(3)10-16;1-11-9-15(10-12(2)13(11)3)14-7-5-4-6-8-14;1-9-7-12(13(4,5)6)8-10(2)11(9)3;1-7-5-8(2)10(4)9(3)6-7;1-5-7-9(4)8(3)6-2/h6-12H,1-5H3;5-10H,1-4H3;4-10H,1-3H3;7-8H,1-6H3;5-6H,1-4H3;5-7H,1H2,2-4H3/b;;;;;8-6+,9-7-. The summed E-state index contributed by atoms with van der Waals surface area (Å²) in [5.41, 5.74) is 37.1. The molecule has 0 aromatic heterocycles. The van der Waals surface area contributed by atoms with Gasteiger partial charge in [-0.1, -0.05) is 216 Å². The molecule has 8 rings (SSSR count). The molecule has 0 saturated carbocycles. The molecule has 0 aliphatic rings. The molecule has 0 spiro atoms. The lowest BCUT2D eigenvalue weighted by Crippen LogP contribution is -2.12. The highest BCUT2D eigenvalue weighted by molar-refractivity contribution is 5.68. The molecule has 0 N–H and O–H groups in total. The fourth-order valence-electron chi connectivity index (χ4n) is 9.30. The Morgan fingerprint density at radius 3 is 0.951 bits per heavy atom. The first-order valence-electron chi connectivity index (χ1n) is 29.4. The molecule has 0 saturated heterocycles. The van der Waals surface area contributed by atoms with E-state index >= 15 is 0 Å². The molecule has 0 heterocycles. The van der Waals surface area contributed by atoms with Gasteiger partial charge in [0.05, 0.1) is 0 Å². The molecular weight excluding hydrogens is 973 g/mol. The second-order valence-electron chi connectivity index (χ2n) is 24.3. The summed E-state index contributed by atoms with van der Waals surface area (Å²) in [5, 5.41) is 0. The van der Waals surface area contributed by atoms with E-state index in [9.17, 15) is 0 Å². The predicted octanol–water partition coefficient (Wildman–Crippen LogP) is 24.2. The highest BCUT2D eigenvalue weighted by Gasteiger charge is 2.15. The smallest absolute Gasteiger partial charge is 0.0132 e. The van der Waals surface area contributed by atoms with Gasteiger partial charge >= 0.3 is 0 Å². The molecule has 8 aromatic carbocycles. The van der Waals surface area contributed by atoms with Crippen LogP contribution in [0.1, 0.15) is 167 Å². The molecule has 0 aliphatic carbocycles. The Labute approximate surface area is 496 Å². The summed E-state index contributed by atoms with van der Waals surface area (Å²) in [5.74, 6) is 0.598. The third-order valence-corrected chi connectivity index (χ3v) is 16.5. The van der Waals surface area contributed by atoms with Gasteiger partial charge in [0.1, 0.15) is 0 Å². The monoisotopic (exact) mass is 1080 g/mol. The van der Waals surface area contributed by atoms with Gasteiger partial charge in [-0.05, 0) is 283 Å². The third kappa shape index (κ3) is 21.1. The van der Waals surface area contributed by atoms with Crippen molar-refractivity contribution in [1.82, 2.24) is 0 Å². The van der Waals surface area contributed by atoms with Crippen LogP contribution in [0, 0.1) is 118 Å². The Balaban J connectivity index is 0.000000259. The van der Waals surface area contributed by atoms with Crippen molar-refractivity contribution in [3.05, 3.63) is 281 Å². The van der Waals surface area contributed by atoms with Crippen LogP contribution in [-0.4, -0.2) is 0 Å². The van der Waals surface area contributed by atoms with E-state index in [1.807, 2.05) is 19.1 Å². The average Bonchev–Trinajstić information content (AvgIpc) is 3.42. The second-order valence-corrected chi connectivity index (χ2v) is 24.3. The van der Waals surface area contributed by atoms with Crippen molar-refractivity contribution in [2.24, 2.45) is 0 Å². The van der Waals surface area contributed by atoms with E-state index in [2.05, 4.69) is 318 Å². The third-order valence-electron chi connectivity index (χ3n) is 16.5. The Bertz CT molecular complexity index is 3260. The van der Waals surface area contributed by atoms with Gasteiger partial charge in [-0.25, -0.2) is 0 Å². The summed E-state index contributed by atoms with van der Waals surface area (Å²) in [7, 11) is 0. The van der Waals surface area contributed by atoms with Crippen molar-refractivity contribution in [1.29, 1.82) is 0 Å². The van der Waals surface area contributed by atoms with E-state index in [1.165, 1.54) is 150 Å². The quantitative estimate of drug-likeness (QED) is 0.146. The summed E-state index contributed by atoms with van der Waals surface area (Å²) in [6.07, 6.45) is 5.91. The largest absolute Gasteiger partial charge is 0.0991 e. The number of allylic oxidation sites excluding steroid dienone is 5. The summed E-state index contributed by atoms with van der Waals surface area (Å²) >= 11 is 0. The molecule has 0 atom stereocenters. The zero-order valence-electron chi connectivity index (χ0n) is 55.3. The van der Waals surface area contributed by atoms with Gasteiger partial charge in [-0.3, -0.25) is 0 Å². The molecule has 0 heteroatoms. The zero-order valence-corrected chi connectivity index (χ0v) is 55.3. The molecule has 0 fully saturated rings. The molecular formula is C81H104. The van der Waals surface area contributed by atoms with Crippen molar-refractivity contribution in [3.63, 3.8) is 0 Å². The van der Waals surface area contributed by atoms with Crippen molar-refractivity contribution < 1.29 is 0 Å². The van der Waals surface area contributed by atoms with Gasteiger partial charge in [0, 0.05) is 0 Å². The van der Waals surface area contributed by atoms with Crippen LogP contribution in [-0.2, 0) is 5.41 Å². The maximum Gasteiger partial charge on any atom is -0.0132 e. The number of benzene rings is 8. The van der Waals surface area contributed by atoms with Gasteiger partial charge in [-0.2, -0.15) is 0 Å². The highest BCUT2D eigenvalue weighted by Crippen LogP contribution is 2.30. The minimum atomic E-state index is 0.267. The SMILES string of the molecule is C=C/C=C(C)\C(C)=C\C.Cc1cc(-c2ccc(C(C)C)cc2)cc(C)c1C.Cc1cc(-c2ccccc2)cc(C)c1C.Cc1cc(C(C)(C)C)cc(C)c1C.Cc1cc(C)c(C)c(C)c1.Cc1ccc(-c2cc(C)c(C)c(C)c2)cc1. The molecule has 0 nitrogen and oxygen atoms in total. The van der Waals surface area contributed by atoms with Crippen molar-refractivity contribution in [3.8, 4) is 33.4 Å². The summed E-state index contributed by atoms with van der Waals surface area (Å²) in [4.78, 5) is 0. The lowest BCUT2D eigenvalue weighted by atomic mass is 9.84. The van der Waals surface area contributed by atoms with Crippen LogP contribution in [0.15, 0.2) is 175 Å². The van der Waals surface area contributed by atoms with Crippen LogP contribution in [0.4, 0.5) is 0 Å². The van der Waals surface area contributed by atoms with E-state index in [1.54, 1.807) is 0 Å². The molecule has 0 aliphatic heterocycles. The Hall–Kier alpha value is -7.02. The summed E-state index contributed by atoms with van der Waals surface area (Å²) in [6, 6.07) is 50.9. The molecule has 0 radical (unpaired) electrons. The molecule has 428 valence electrons. The van der Waals surface area contributed by atoms with Gasteiger partial charge in [0.2, 0.25) is 0 Å². The van der Waals surface area contributed by atoms with Crippen LogP contribution >= 0.6 is 0 Å². The van der Waals surface area contributed by atoms with Crippen LogP contribution < -0.4 is 0 Å². The molecule has 0 unspecified atom stereocenters. The van der Waals surface area contributed by atoms with Crippen LogP contribution in [0.3, 0.4) is 0 Å². The number of hydrogen-bond donors (Lipinski definition) is 0. The minimum absolute atomic E-state index is 0.267. The van der Waals surface area contributed by atoms with E-state index in [-0.39, 0.29) is 5.41 Å². The van der Waals surface area contributed by atoms with E-state index in [0.717, 1.165) is 0 Å². The van der Waals surface area contributed by atoms with Crippen LogP contribution in [0.5, 0.6) is 0 Å². The van der Waals surface area contributed by atoms with E-state index < -0.39 is 0 Å². The van der Waals surface area contributed by atoms with Gasteiger partial charge < -0.3 is 0 Å². The second kappa shape index (κ2) is 31.8. The fraction of sp³-hybridized carbons (Fsp3) is 0.333. The van der Waals surface area contributed by atoms with Crippen molar-refractivity contribution in [2.45, 2.75) is 184 Å². The summed E-state index contributed by atoms with van der Waals surface area (Å²) < 4.78 is 0. The Morgan fingerprint density at radius 2 is 0.654 bits per heavy atom. The van der Waals surface area contributed by atoms with Gasteiger partial charge in [0.15, 0.2) is 0 Å². The van der Waals surface area contributed by atoms with Crippen LogP contribution in [0.2, 0.25) is 0 Å². The van der Waals surface area contributed by atoms with Gasteiger partial charge in [-0.15, -0.1) is 0 Å². The Kier molecular flexibility index (Phi) is 26.8. The summed E-state index contributed by atoms with van der Waals surface area (Å²) in [6.45, 7) is 58.0. The fourth-order valence-corrected chi connectivity index (χ4v) is 9.30. The maximum atomic E-state index is 3.61. The number of hydrogen-bond acceptors (Lipinski definition) is 0. The zero-order chi connectivity index (χ0) is 61.1. The highest BCUT2D eigenvalue weighted by atomic mass is 14.2. The van der Waals surface area contributed by atoms with E-state index in [0.29, 0.717) is 5.92 Å². The normalized spacial score (nSPS) is 11.1. The average molecular weight is 1080 g/mol. The molecule has 8 aromatic rings. The lowest BCUT2D eigenvalue weighted by Gasteiger charge is -2.21. The predicted molar refractivity (Wildman–Crippen MR) is 365 cm³/mol. The van der Waals surface area contributed by atoms with Crippen LogP contribution in [0.25, 0.3) is 33.4 Å². The molecule has 0 bridgehead atoms. The molecule has 0 amide bonds. The Morgan fingerprint density at radius 1 is 0.358 bits per heavy atom. The van der Waals surface area contributed by atoms with E-state index in [4.69, 9.17) is 0 Å². The minimum Gasteiger partial charge on any atom is -0.0991 e. The first-order valence-corrected chi connectivity index (χ1v) is 29.4.